The van der Waals surface area contributed by atoms with E-state index in [4.69, 9.17) is 9.73 Å². The predicted octanol–water partition coefficient (Wildman–Crippen LogP) is 3.46. The molecule has 3 aliphatic rings. The van der Waals surface area contributed by atoms with Crippen molar-refractivity contribution >= 4 is 38.8 Å². The number of aliphatic imine (C=N–C) groups is 1. The van der Waals surface area contributed by atoms with Crippen molar-refractivity contribution in [3.05, 3.63) is 78.0 Å². The largest absolute Gasteiger partial charge is 0.378 e. The van der Waals surface area contributed by atoms with Gasteiger partial charge >= 0.3 is 0 Å². The third-order valence-corrected chi connectivity index (χ3v) is 8.50. The van der Waals surface area contributed by atoms with Gasteiger partial charge in [0.25, 0.3) is 0 Å². The number of rotatable bonds is 8. The zero-order valence-electron chi connectivity index (χ0n) is 20.8. The van der Waals surface area contributed by atoms with Crippen LogP contribution in [0.4, 0.5) is 17.2 Å². The molecule has 2 aliphatic heterocycles. The van der Waals surface area contributed by atoms with Crippen LogP contribution in [0, 0.1) is 5.92 Å². The normalized spacial score (nSPS) is 19.8. The molecule has 1 aromatic heterocycles. The van der Waals surface area contributed by atoms with Crippen molar-refractivity contribution in [2.24, 2.45) is 10.9 Å². The Morgan fingerprint density at radius 1 is 1.08 bits per heavy atom. The van der Waals surface area contributed by atoms with E-state index in [1.54, 1.807) is 18.3 Å². The van der Waals surface area contributed by atoms with Crippen molar-refractivity contribution in [1.29, 1.82) is 0 Å². The number of hydrogen-bond donors (Lipinski definition) is 2. The molecule has 0 radical (unpaired) electrons. The summed E-state index contributed by atoms with van der Waals surface area (Å²) in [6.07, 6.45) is 3.79. The van der Waals surface area contributed by atoms with Gasteiger partial charge < -0.3 is 15.0 Å². The lowest BCUT2D eigenvalue weighted by Gasteiger charge is -2.27. The average Bonchev–Trinajstić information content (AvgIpc) is 3.73. The Morgan fingerprint density at radius 3 is 2.58 bits per heavy atom. The van der Waals surface area contributed by atoms with E-state index in [-0.39, 0.29) is 10.8 Å². The lowest BCUT2D eigenvalue weighted by Crippen LogP contribution is -2.36. The van der Waals surface area contributed by atoms with Gasteiger partial charge in [0.15, 0.2) is 0 Å². The first-order valence-electron chi connectivity index (χ1n) is 12.9. The number of anilines is 2. The van der Waals surface area contributed by atoms with E-state index in [0.717, 1.165) is 37.3 Å². The molecule has 1 saturated heterocycles. The number of ether oxygens (including phenoxy) is 1. The minimum Gasteiger partial charge on any atom is -0.378 e. The zero-order chi connectivity index (χ0) is 26.1. The zero-order valence-corrected chi connectivity index (χ0v) is 21.7. The number of fused-ring (bicyclic) bond motifs is 1. The van der Waals surface area contributed by atoms with Gasteiger partial charge in [0.2, 0.25) is 15.9 Å². The van der Waals surface area contributed by atoms with Crippen molar-refractivity contribution in [1.82, 2.24) is 9.71 Å². The highest BCUT2D eigenvalue weighted by molar-refractivity contribution is 7.89. The van der Waals surface area contributed by atoms with Crippen LogP contribution in [0.1, 0.15) is 29.9 Å². The van der Waals surface area contributed by atoms with Crippen LogP contribution in [0.5, 0.6) is 0 Å². The van der Waals surface area contributed by atoms with Gasteiger partial charge in [0, 0.05) is 25.3 Å². The molecular formula is C28H29N5O4S. The first-order chi connectivity index (χ1) is 18.5. The number of carbonyl (C=O) groups is 1. The van der Waals surface area contributed by atoms with Crippen LogP contribution in [-0.2, 0) is 19.6 Å². The first-order valence-corrected chi connectivity index (χ1v) is 14.3. The molecule has 3 aromatic rings. The number of nitrogens with one attached hydrogen (secondary N) is 2. The summed E-state index contributed by atoms with van der Waals surface area (Å²) < 4.78 is 34.1. The fourth-order valence-corrected chi connectivity index (χ4v) is 5.93. The van der Waals surface area contributed by atoms with Gasteiger partial charge in [-0.15, -0.1) is 0 Å². The molecule has 0 bridgehead atoms. The molecule has 3 heterocycles. The maximum absolute atomic E-state index is 13.3. The summed E-state index contributed by atoms with van der Waals surface area (Å²) in [6.45, 7) is 3.34. The third-order valence-electron chi connectivity index (χ3n) is 7.08. The lowest BCUT2D eigenvalue weighted by atomic mass is 9.90. The summed E-state index contributed by atoms with van der Waals surface area (Å²) in [4.78, 5) is 25.1. The Labute approximate surface area is 222 Å². The van der Waals surface area contributed by atoms with Crippen molar-refractivity contribution in [3.8, 4) is 0 Å². The fraction of sp³-hybridized carbons (Fsp3) is 0.321. The molecule has 2 N–H and O–H groups in total. The number of amides is 1. The van der Waals surface area contributed by atoms with Crippen LogP contribution in [0.2, 0.25) is 0 Å². The van der Waals surface area contributed by atoms with E-state index in [1.807, 2.05) is 42.5 Å². The number of aromatic nitrogens is 1. The van der Waals surface area contributed by atoms with E-state index >= 15 is 0 Å². The summed E-state index contributed by atoms with van der Waals surface area (Å²) in [5.74, 6) is 0.243. The molecule has 1 aliphatic carbocycles. The smallest absolute Gasteiger partial charge is 0.240 e. The number of morpholine rings is 1. The van der Waals surface area contributed by atoms with Crippen LogP contribution >= 0.6 is 0 Å². The number of benzene rings is 2. The van der Waals surface area contributed by atoms with Gasteiger partial charge in [-0.25, -0.2) is 18.1 Å². The molecule has 10 heteroatoms. The number of hydrogen-bond acceptors (Lipinski definition) is 7. The Bertz CT molecular complexity index is 1460. The van der Waals surface area contributed by atoms with Crippen molar-refractivity contribution in [3.63, 3.8) is 0 Å². The molecular weight excluding hydrogens is 502 g/mol. The van der Waals surface area contributed by atoms with E-state index in [1.165, 1.54) is 6.07 Å². The second-order valence-corrected chi connectivity index (χ2v) is 11.6. The molecule has 196 valence electrons. The van der Waals surface area contributed by atoms with Crippen molar-refractivity contribution in [2.45, 2.75) is 23.7 Å². The van der Waals surface area contributed by atoms with E-state index in [9.17, 15) is 13.2 Å². The number of pyridine rings is 1. The summed E-state index contributed by atoms with van der Waals surface area (Å²) in [6, 6.07) is 18.1. The molecule has 9 nitrogen and oxygen atoms in total. The average molecular weight is 532 g/mol. The van der Waals surface area contributed by atoms with Crippen LogP contribution < -0.4 is 14.9 Å². The molecule has 2 fully saturated rings. The molecule has 0 spiro atoms. The molecule has 1 atom stereocenters. The van der Waals surface area contributed by atoms with Crippen LogP contribution in [0.25, 0.3) is 0 Å². The van der Waals surface area contributed by atoms with Gasteiger partial charge in [-0.2, -0.15) is 0 Å². The molecule has 1 amide bonds. The summed E-state index contributed by atoms with van der Waals surface area (Å²) in [7, 11) is -3.70. The second kappa shape index (κ2) is 10.3. The highest BCUT2D eigenvalue weighted by Crippen LogP contribution is 2.38. The molecule has 38 heavy (non-hydrogen) atoms. The highest BCUT2D eigenvalue weighted by atomic mass is 32.2. The van der Waals surface area contributed by atoms with Gasteiger partial charge in [-0.1, -0.05) is 30.3 Å². The van der Waals surface area contributed by atoms with Gasteiger partial charge in [0.05, 0.1) is 35.7 Å². The Hall–Kier alpha value is -3.60. The van der Waals surface area contributed by atoms with Crippen molar-refractivity contribution in [2.75, 3.05) is 43.1 Å². The molecule has 2 aromatic carbocycles. The summed E-state index contributed by atoms with van der Waals surface area (Å²) >= 11 is 0. The highest BCUT2D eigenvalue weighted by Gasteiger charge is 2.36. The Morgan fingerprint density at radius 2 is 1.87 bits per heavy atom. The quantitative estimate of drug-likeness (QED) is 0.431. The third kappa shape index (κ3) is 5.20. The minimum absolute atomic E-state index is 0.141. The van der Waals surface area contributed by atoms with E-state index < -0.39 is 15.9 Å². The number of carbonyl (C=O) groups excluding carboxylic acids is 1. The van der Waals surface area contributed by atoms with Gasteiger partial charge in [-0.05, 0) is 60.2 Å². The predicted molar refractivity (Wildman–Crippen MR) is 146 cm³/mol. The maximum Gasteiger partial charge on any atom is 0.240 e. The summed E-state index contributed by atoms with van der Waals surface area (Å²) in [5, 5.41) is 2.91. The summed E-state index contributed by atoms with van der Waals surface area (Å²) in [5.41, 5.74) is 3.09. The maximum atomic E-state index is 13.3. The monoisotopic (exact) mass is 531 g/mol. The topological polar surface area (TPSA) is 113 Å². The molecule has 1 saturated carbocycles. The minimum atomic E-state index is -3.70. The van der Waals surface area contributed by atoms with Crippen LogP contribution in [-0.4, -0.2) is 57.9 Å². The molecule has 6 rings (SSSR count). The Balaban J connectivity index is 1.36. The van der Waals surface area contributed by atoms with Gasteiger partial charge in [-0.3, -0.25) is 9.79 Å². The van der Waals surface area contributed by atoms with E-state index in [2.05, 4.69) is 19.9 Å². The van der Waals surface area contributed by atoms with E-state index in [0.29, 0.717) is 48.3 Å². The second-order valence-electron chi connectivity index (χ2n) is 9.80. The van der Waals surface area contributed by atoms with Gasteiger partial charge in [0.1, 0.15) is 11.7 Å². The lowest BCUT2D eigenvalue weighted by molar-refractivity contribution is -0.115. The number of nitrogens with zero attached hydrogens (tertiary/aromatic N) is 3. The van der Waals surface area contributed by atoms with Crippen LogP contribution in [0.15, 0.2) is 76.7 Å². The Kier molecular flexibility index (Phi) is 6.69. The van der Waals surface area contributed by atoms with Crippen LogP contribution in [0.3, 0.4) is 0 Å². The fourth-order valence-electron chi connectivity index (χ4n) is 4.78. The molecule has 1 unspecified atom stereocenters. The first kappa shape index (κ1) is 24.7. The SMILES string of the molecule is O=C1Nc2ccc(S(=O)(=O)NCC3CC3)cc2C1C(=Nc1ccc(N2CCOCC2)nc1)c1ccccc1. The number of sulfonamides is 1. The van der Waals surface area contributed by atoms with Crippen molar-refractivity contribution < 1.29 is 17.9 Å². The standard InChI is InChI=1S/C28H29N5O4S/c34-28-26(23-16-22(9-10-24(23)32-28)38(35,36)30-17-19-6-7-19)27(20-4-2-1-3-5-20)31-21-8-11-25(29-18-21)33-12-14-37-15-13-33/h1-5,8-11,16,18-19,26,30H,6-7,12-15,17H2,(H,32,34).